The monoisotopic (exact) mass is 288 g/mol. The molecule has 0 radical (unpaired) electrons. The first-order chi connectivity index (χ1) is 10.2. The third-order valence-electron chi connectivity index (χ3n) is 4.60. The van der Waals surface area contributed by atoms with E-state index in [9.17, 15) is 0 Å². The maximum absolute atomic E-state index is 3.51. The minimum absolute atomic E-state index is 0.714. The van der Waals surface area contributed by atoms with Crippen LogP contribution in [0.3, 0.4) is 0 Å². The molecule has 1 aliphatic carbocycles. The SMILES string of the molecule is CC(C)CNCc1ccc(N(C)C2CCCCCC2)cc1. The number of anilines is 1. The molecule has 1 fully saturated rings. The van der Waals surface area contributed by atoms with Crippen molar-refractivity contribution in [3.63, 3.8) is 0 Å². The fraction of sp³-hybridized carbons (Fsp3) is 0.684. The number of nitrogens with one attached hydrogen (secondary N) is 1. The normalized spacial score (nSPS) is 17.0. The highest BCUT2D eigenvalue weighted by molar-refractivity contribution is 5.47. The number of hydrogen-bond donors (Lipinski definition) is 1. The second kappa shape index (κ2) is 8.43. The Bertz CT molecular complexity index is 389. The third kappa shape index (κ3) is 5.35. The van der Waals surface area contributed by atoms with Gasteiger partial charge in [-0.25, -0.2) is 0 Å². The van der Waals surface area contributed by atoms with Crippen LogP contribution in [0.15, 0.2) is 24.3 Å². The smallest absolute Gasteiger partial charge is 0.0366 e. The van der Waals surface area contributed by atoms with Crippen molar-refractivity contribution in [1.29, 1.82) is 0 Å². The van der Waals surface area contributed by atoms with Crippen LogP contribution in [0.1, 0.15) is 57.9 Å². The summed E-state index contributed by atoms with van der Waals surface area (Å²) in [6, 6.07) is 9.86. The summed E-state index contributed by atoms with van der Waals surface area (Å²) in [6.45, 7) is 6.56. The topological polar surface area (TPSA) is 15.3 Å². The van der Waals surface area contributed by atoms with Crippen LogP contribution < -0.4 is 10.2 Å². The first-order valence-electron chi connectivity index (χ1n) is 8.69. The molecule has 0 atom stereocenters. The standard InChI is InChI=1S/C19H32N2/c1-16(2)14-20-15-17-10-12-19(13-11-17)21(3)18-8-6-4-5-7-9-18/h10-13,16,18,20H,4-9,14-15H2,1-3H3. The predicted octanol–water partition coefficient (Wildman–Crippen LogP) is 4.59. The maximum Gasteiger partial charge on any atom is 0.0366 e. The lowest BCUT2D eigenvalue weighted by molar-refractivity contribution is 0.550. The molecule has 0 bridgehead atoms. The van der Waals surface area contributed by atoms with E-state index in [0.29, 0.717) is 5.92 Å². The van der Waals surface area contributed by atoms with Crippen molar-refractivity contribution in [2.75, 3.05) is 18.5 Å². The average Bonchev–Trinajstić information content (AvgIpc) is 2.76. The van der Waals surface area contributed by atoms with Gasteiger partial charge in [-0.05, 0) is 43.0 Å². The molecule has 1 aliphatic rings. The van der Waals surface area contributed by atoms with Crippen LogP contribution in [-0.2, 0) is 6.54 Å². The zero-order valence-electron chi connectivity index (χ0n) is 14.1. The minimum Gasteiger partial charge on any atom is -0.372 e. The van der Waals surface area contributed by atoms with Crippen molar-refractivity contribution in [2.24, 2.45) is 5.92 Å². The summed E-state index contributed by atoms with van der Waals surface area (Å²) < 4.78 is 0. The Morgan fingerprint density at radius 1 is 1.05 bits per heavy atom. The van der Waals surface area contributed by atoms with Crippen LogP contribution in [0.4, 0.5) is 5.69 Å². The van der Waals surface area contributed by atoms with Gasteiger partial charge in [0.2, 0.25) is 0 Å². The molecular weight excluding hydrogens is 256 g/mol. The quantitative estimate of drug-likeness (QED) is 0.770. The molecular formula is C19H32N2. The van der Waals surface area contributed by atoms with Gasteiger partial charge in [-0.3, -0.25) is 0 Å². The molecule has 1 N–H and O–H groups in total. The molecule has 1 aromatic carbocycles. The predicted molar refractivity (Wildman–Crippen MR) is 92.9 cm³/mol. The highest BCUT2D eigenvalue weighted by Gasteiger charge is 2.17. The molecule has 0 amide bonds. The van der Waals surface area contributed by atoms with Crippen molar-refractivity contribution in [3.05, 3.63) is 29.8 Å². The largest absolute Gasteiger partial charge is 0.372 e. The van der Waals surface area contributed by atoms with Crippen molar-refractivity contribution >= 4 is 5.69 Å². The molecule has 2 rings (SSSR count). The van der Waals surface area contributed by atoms with Crippen LogP contribution in [-0.4, -0.2) is 19.6 Å². The Labute approximate surface area is 130 Å². The summed E-state index contributed by atoms with van der Waals surface area (Å²) >= 11 is 0. The molecule has 0 saturated heterocycles. The van der Waals surface area contributed by atoms with Gasteiger partial charge in [0.25, 0.3) is 0 Å². The highest BCUT2D eigenvalue weighted by Crippen LogP contribution is 2.25. The van der Waals surface area contributed by atoms with Crippen molar-refractivity contribution in [2.45, 2.75) is 65.0 Å². The molecule has 21 heavy (non-hydrogen) atoms. The van der Waals surface area contributed by atoms with Gasteiger partial charge in [-0.1, -0.05) is 51.7 Å². The van der Waals surface area contributed by atoms with Crippen LogP contribution in [0, 0.1) is 5.92 Å². The Hall–Kier alpha value is -1.02. The number of benzene rings is 1. The van der Waals surface area contributed by atoms with Gasteiger partial charge in [-0.15, -0.1) is 0 Å². The Morgan fingerprint density at radius 2 is 1.67 bits per heavy atom. The first kappa shape index (κ1) is 16.4. The summed E-state index contributed by atoms with van der Waals surface area (Å²) in [5.74, 6) is 0.714. The van der Waals surface area contributed by atoms with Gasteiger partial charge in [0.05, 0.1) is 0 Å². The highest BCUT2D eigenvalue weighted by atomic mass is 15.1. The first-order valence-corrected chi connectivity index (χ1v) is 8.69. The number of rotatable bonds is 6. The maximum atomic E-state index is 3.51. The average molecular weight is 288 g/mol. The Morgan fingerprint density at radius 3 is 2.24 bits per heavy atom. The summed E-state index contributed by atoms with van der Waals surface area (Å²) in [7, 11) is 2.27. The lowest BCUT2D eigenvalue weighted by Gasteiger charge is -2.29. The van der Waals surface area contributed by atoms with Gasteiger partial charge < -0.3 is 10.2 Å². The molecule has 0 heterocycles. The van der Waals surface area contributed by atoms with Crippen molar-refractivity contribution < 1.29 is 0 Å². The Balaban J connectivity index is 1.88. The zero-order chi connectivity index (χ0) is 15.1. The number of hydrogen-bond acceptors (Lipinski definition) is 2. The van der Waals surface area contributed by atoms with E-state index in [2.05, 4.69) is 55.4 Å². The van der Waals surface area contributed by atoms with E-state index in [0.717, 1.165) is 19.1 Å². The lowest BCUT2D eigenvalue weighted by atomic mass is 10.1. The van der Waals surface area contributed by atoms with Crippen molar-refractivity contribution in [3.8, 4) is 0 Å². The molecule has 0 aliphatic heterocycles. The van der Waals surface area contributed by atoms with Crippen LogP contribution in [0.25, 0.3) is 0 Å². The molecule has 118 valence electrons. The van der Waals surface area contributed by atoms with E-state index >= 15 is 0 Å². The summed E-state index contributed by atoms with van der Waals surface area (Å²) in [5, 5.41) is 3.51. The fourth-order valence-corrected chi connectivity index (χ4v) is 3.21. The summed E-state index contributed by atoms with van der Waals surface area (Å²) in [6.07, 6.45) is 8.34. The van der Waals surface area contributed by atoms with Crippen LogP contribution >= 0.6 is 0 Å². The summed E-state index contributed by atoms with van der Waals surface area (Å²) in [4.78, 5) is 2.50. The van der Waals surface area contributed by atoms with E-state index in [4.69, 9.17) is 0 Å². The molecule has 0 aromatic heterocycles. The molecule has 1 saturated carbocycles. The summed E-state index contributed by atoms with van der Waals surface area (Å²) in [5.41, 5.74) is 2.75. The second-order valence-corrected chi connectivity index (χ2v) is 6.95. The van der Waals surface area contributed by atoms with Crippen LogP contribution in [0.5, 0.6) is 0 Å². The van der Waals surface area contributed by atoms with Crippen molar-refractivity contribution in [1.82, 2.24) is 5.32 Å². The van der Waals surface area contributed by atoms with E-state index in [1.165, 1.54) is 49.8 Å². The van der Waals surface area contributed by atoms with Gasteiger partial charge in [0, 0.05) is 25.3 Å². The molecule has 0 spiro atoms. The zero-order valence-corrected chi connectivity index (χ0v) is 14.1. The van der Waals surface area contributed by atoms with E-state index < -0.39 is 0 Å². The number of nitrogens with zero attached hydrogens (tertiary/aromatic N) is 1. The second-order valence-electron chi connectivity index (χ2n) is 6.95. The molecule has 0 unspecified atom stereocenters. The fourth-order valence-electron chi connectivity index (χ4n) is 3.21. The van der Waals surface area contributed by atoms with E-state index in [1.807, 2.05) is 0 Å². The molecule has 2 nitrogen and oxygen atoms in total. The van der Waals surface area contributed by atoms with Gasteiger partial charge in [0.1, 0.15) is 0 Å². The van der Waals surface area contributed by atoms with E-state index in [1.54, 1.807) is 0 Å². The van der Waals surface area contributed by atoms with Gasteiger partial charge >= 0.3 is 0 Å². The third-order valence-corrected chi connectivity index (χ3v) is 4.60. The minimum atomic E-state index is 0.714. The van der Waals surface area contributed by atoms with Crippen LogP contribution in [0.2, 0.25) is 0 Å². The molecule has 1 aromatic rings. The Kier molecular flexibility index (Phi) is 6.56. The molecule has 2 heteroatoms. The van der Waals surface area contributed by atoms with E-state index in [-0.39, 0.29) is 0 Å². The van der Waals surface area contributed by atoms with Gasteiger partial charge in [0.15, 0.2) is 0 Å². The lowest BCUT2D eigenvalue weighted by Crippen LogP contribution is -2.31. The van der Waals surface area contributed by atoms with Gasteiger partial charge in [-0.2, -0.15) is 0 Å².